The van der Waals surface area contributed by atoms with Gasteiger partial charge in [-0.3, -0.25) is 4.79 Å². The van der Waals surface area contributed by atoms with Crippen molar-refractivity contribution in [2.75, 3.05) is 26.9 Å². The first kappa shape index (κ1) is 15.4. The Morgan fingerprint density at radius 3 is 2.62 bits per heavy atom. The number of rotatable bonds is 9. The van der Waals surface area contributed by atoms with Crippen LogP contribution in [0, 0.1) is 5.92 Å². The molecule has 0 saturated heterocycles. The van der Waals surface area contributed by atoms with Crippen LogP contribution in [0.4, 0.5) is 0 Å². The molecule has 0 rings (SSSR count). The van der Waals surface area contributed by atoms with Crippen molar-refractivity contribution in [2.24, 2.45) is 5.92 Å². The number of ether oxygens (including phenoxy) is 2. The number of hydrogen-bond acceptors (Lipinski definition) is 4. The third kappa shape index (κ3) is 7.65. The molecule has 2 unspecified atom stereocenters. The second-order valence-electron chi connectivity index (χ2n) is 4.07. The summed E-state index contributed by atoms with van der Waals surface area (Å²) in [5.41, 5.74) is 0. The van der Waals surface area contributed by atoms with Gasteiger partial charge in [-0.05, 0) is 33.2 Å². The number of carbonyl (C=O) groups is 1. The molecular weight excluding hydrogens is 206 g/mol. The van der Waals surface area contributed by atoms with Gasteiger partial charge in [0.05, 0.1) is 13.0 Å². The molecule has 0 aliphatic carbocycles. The quantitative estimate of drug-likeness (QED) is 0.483. The summed E-state index contributed by atoms with van der Waals surface area (Å²) in [6, 6.07) is 0.329. The van der Waals surface area contributed by atoms with Gasteiger partial charge >= 0.3 is 5.97 Å². The molecule has 0 aromatic heterocycles. The van der Waals surface area contributed by atoms with Crippen molar-refractivity contribution in [1.82, 2.24) is 5.32 Å². The highest BCUT2D eigenvalue weighted by molar-refractivity contribution is 5.71. The Hall–Kier alpha value is -0.610. The summed E-state index contributed by atoms with van der Waals surface area (Å²) in [7, 11) is 1.43. The number of carbonyl (C=O) groups excluding carboxylic acids is 1. The SMILES string of the molecule is CCOCCCNC(C)CC(C)C(=O)OC. The molecule has 0 aromatic carbocycles. The highest BCUT2D eigenvalue weighted by Gasteiger charge is 2.15. The highest BCUT2D eigenvalue weighted by atomic mass is 16.5. The number of esters is 1. The Bertz CT molecular complexity index is 185. The summed E-state index contributed by atoms with van der Waals surface area (Å²) < 4.78 is 9.92. The average molecular weight is 231 g/mol. The lowest BCUT2D eigenvalue weighted by molar-refractivity contribution is -0.145. The molecule has 4 nitrogen and oxygen atoms in total. The maximum Gasteiger partial charge on any atom is 0.308 e. The molecule has 2 atom stereocenters. The summed E-state index contributed by atoms with van der Waals surface area (Å²) >= 11 is 0. The Balaban J connectivity index is 3.50. The molecule has 0 aliphatic rings. The maximum atomic E-state index is 11.2. The number of hydrogen-bond donors (Lipinski definition) is 1. The minimum absolute atomic E-state index is 0.0422. The largest absolute Gasteiger partial charge is 0.469 e. The van der Waals surface area contributed by atoms with Crippen molar-refractivity contribution in [2.45, 2.75) is 39.7 Å². The molecule has 0 radical (unpaired) electrons. The molecular formula is C12H25NO3. The van der Waals surface area contributed by atoms with Gasteiger partial charge in [0.2, 0.25) is 0 Å². The van der Waals surface area contributed by atoms with Crippen LogP contribution < -0.4 is 5.32 Å². The predicted octanol–water partition coefficient (Wildman–Crippen LogP) is 1.59. The van der Waals surface area contributed by atoms with Crippen LogP contribution in [0.15, 0.2) is 0 Å². The van der Waals surface area contributed by atoms with Crippen LogP contribution in [0.3, 0.4) is 0 Å². The molecule has 1 N–H and O–H groups in total. The molecule has 0 aliphatic heterocycles. The zero-order chi connectivity index (χ0) is 12.4. The molecule has 96 valence electrons. The van der Waals surface area contributed by atoms with Crippen LogP contribution in [0.2, 0.25) is 0 Å². The molecule has 0 bridgehead atoms. The van der Waals surface area contributed by atoms with Gasteiger partial charge in [-0.1, -0.05) is 6.92 Å². The van der Waals surface area contributed by atoms with E-state index in [1.54, 1.807) is 0 Å². The smallest absolute Gasteiger partial charge is 0.308 e. The van der Waals surface area contributed by atoms with E-state index in [1.165, 1.54) is 7.11 Å². The maximum absolute atomic E-state index is 11.2. The fraction of sp³-hybridized carbons (Fsp3) is 0.917. The van der Waals surface area contributed by atoms with E-state index in [9.17, 15) is 4.79 Å². The van der Waals surface area contributed by atoms with Crippen LogP contribution in [-0.2, 0) is 14.3 Å². The lowest BCUT2D eigenvalue weighted by atomic mass is 10.0. The molecule has 0 heterocycles. The molecule has 4 heteroatoms. The van der Waals surface area contributed by atoms with Crippen molar-refractivity contribution in [3.8, 4) is 0 Å². The van der Waals surface area contributed by atoms with Crippen molar-refractivity contribution in [1.29, 1.82) is 0 Å². The van der Waals surface area contributed by atoms with Crippen LogP contribution in [-0.4, -0.2) is 38.9 Å². The first-order valence-corrected chi connectivity index (χ1v) is 6.00. The summed E-state index contributed by atoms with van der Waals surface area (Å²) in [6.45, 7) is 8.46. The van der Waals surface area contributed by atoms with E-state index in [4.69, 9.17) is 4.74 Å². The molecule has 0 spiro atoms. The van der Waals surface area contributed by atoms with E-state index >= 15 is 0 Å². The van der Waals surface area contributed by atoms with Crippen LogP contribution in [0.25, 0.3) is 0 Å². The van der Waals surface area contributed by atoms with Gasteiger partial charge in [0.25, 0.3) is 0 Å². The van der Waals surface area contributed by atoms with E-state index in [1.807, 2.05) is 13.8 Å². The molecule has 0 aromatic rings. The predicted molar refractivity (Wildman–Crippen MR) is 64.4 cm³/mol. The van der Waals surface area contributed by atoms with E-state index in [0.717, 1.165) is 32.6 Å². The van der Waals surface area contributed by atoms with E-state index in [-0.39, 0.29) is 11.9 Å². The highest BCUT2D eigenvalue weighted by Crippen LogP contribution is 2.07. The van der Waals surface area contributed by atoms with Crippen molar-refractivity contribution < 1.29 is 14.3 Å². The minimum atomic E-state index is -0.136. The number of nitrogens with one attached hydrogen (secondary N) is 1. The summed E-state index contributed by atoms with van der Waals surface area (Å²) in [6.07, 6.45) is 1.81. The lowest BCUT2D eigenvalue weighted by Gasteiger charge is -2.17. The molecule has 16 heavy (non-hydrogen) atoms. The van der Waals surface area contributed by atoms with Gasteiger partial charge in [-0.15, -0.1) is 0 Å². The Kier molecular flexibility index (Phi) is 9.24. The summed E-state index contributed by atoms with van der Waals surface area (Å²) in [4.78, 5) is 11.2. The average Bonchev–Trinajstić information content (AvgIpc) is 2.27. The molecule has 0 saturated carbocycles. The van der Waals surface area contributed by atoms with Gasteiger partial charge in [0.15, 0.2) is 0 Å². The van der Waals surface area contributed by atoms with E-state index in [2.05, 4.69) is 17.0 Å². The van der Waals surface area contributed by atoms with Crippen molar-refractivity contribution in [3.05, 3.63) is 0 Å². The van der Waals surface area contributed by atoms with Gasteiger partial charge in [-0.2, -0.15) is 0 Å². The van der Waals surface area contributed by atoms with Crippen LogP contribution in [0.5, 0.6) is 0 Å². The topological polar surface area (TPSA) is 47.6 Å². The van der Waals surface area contributed by atoms with E-state index in [0.29, 0.717) is 6.04 Å². The Morgan fingerprint density at radius 1 is 1.38 bits per heavy atom. The van der Waals surface area contributed by atoms with Gasteiger partial charge in [-0.25, -0.2) is 0 Å². The zero-order valence-corrected chi connectivity index (χ0v) is 10.9. The second kappa shape index (κ2) is 9.60. The second-order valence-corrected chi connectivity index (χ2v) is 4.07. The third-order valence-corrected chi connectivity index (χ3v) is 2.47. The zero-order valence-electron chi connectivity index (χ0n) is 10.9. The van der Waals surface area contributed by atoms with Gasteiger partial charge in [0.1, 0.15) is 0 Å². The fourth-order valence-corrected chi connectivity index (χ4v) is 1.58. The lowest BCUT2D eigenvalue weighted by Crippen LogP contribution is -2.31. The van der Waals surface area contributed by atoms with Crippen LogP contribution >= 0.6 is 0 Å². The molecule has 0 amide bonds. The first-order chi connectivity index (χ1) is 7.61. The molecule has 0 fully saturated rings. The summed E-state index contributed by atoms with van der Waals surface area (Å²) in [5.74, 6) is -0.178. The minimum Gasteiger partial charge on any atom is -0.469 e. The van der Waals surface area contributed by atoms with E-state index < -0.39 is 0 Å². The van der Waals surface area contributed by atoms with Gasteiger partial charge < -0.3 is 14.8 Å². The third-order valence-electron chi connectivity index (χ3n) is 2.47. The normalized spacial score (nSPS) is 14.5. The van der Waals surface area contributed by atoms with Gasteiger partial charge in [0, 0.05) is 19.3 Å². The van der Waals surface area contributed by atoms with Crippen molar-refractivity contribution >= 4 is 5.97 Å². The van der Waals surface area contributed by atoms with Crippen LogP contribution in [0.1, 0.15) is 33.6 Å². The van der Waals surface area contributed by atoms with Crippen molar-refractivity contribution in [3.63, 3.8) is 0 Å². The first-order valence-electron chi connectivity index (χ1n) is 6.00. The summed E-state index contributed by atoms with van der Waals surface area (Å²) in [5, 5.41) is 3.36. The Labute approximate surface area is 98.7 Å². The fourth-order valence-electron chi connectivity index (χ4n) is 1.58. The standard InChI is InChI=1S/C12H25NO3/c1-5-16-8-6-7-13-11(3)9-10(2)12(14)15-4/h10-11,13H,5-9H2,1-4H3. The monoisotopic (exact) mass is 231 g/mol. The Morgan fingerprint density at radius 2 is 2.06 bits per heavy atom. The number of methoxy groups -OCH3 is 1.